The van der Waals surface area contributed by atoms with Crippen molar-refractivity contribution < 1.29 is 27.9 Å². The predicted octanol–water partition coefficient (Wildman–Crippen LogP) is 7.20. The van der Waals surface area contributed by atoms with Crippen molar-refractivity contribution in [2.75, 3.05) is 5.75 Å². The zero-order chi connectivity index (χ0) is 34.3. The molecule has 47 heavy (non-hydrogen) atoms. The molecule has 0 unspecified atom stereocenters. The van der Waals surface area contributed by atoms with Crippen LogP contribution in [0.15, 0.2) is 48.5 Å². The molecule has 2 amide bonds. The summed E-state index contributed by atoms with van der Waals surface area (Å²) in [6.45, 7) is 6.89. The van der Waals surface area contributed by atoms with Gasteiger partial charge in [0, 0.05) is 34.5 Å². The third-order valence-corrected chi connectivity index (χ3v) is 13.6. The molecule has 5 rings (SSSR count). The first-order chi connectivity index (χ1) is 22.0. The Morgan fingerprint density at radius 3 is 2.17 bits per heavy atom. The number of hydrogen-bond acceptors (Lipinski definition) is 5. The number of carboxylic acid groups (broad SMARTS) is 1. The van der Waals surface area contributed by atoms with Crippen LogP contribution in [0.5, 0.6) is 0 Å². The van der Waals surface area contributed by atoms with E-state index in [1.165, 1.54) is 0 Å². The van der Waals surface area contributed by atoms with E-state index in [4.69, 9.17) is 23.2 Å². The number of piperidine rings is 1. The van der Waals surface area contributed by atoms with Gasteiger partial charge < -0.3 is 15.3 Å². The summed E-state index contributed by atoms with van der Waals surface area (Å²) in [4.78, 5) is 42.0. The lowest BCUT2D eigenvalue weighted by Crippen LogP contribution is -2.59. The zero-order valence-corrected chi connectivity index (χ0v) is 29.9. The molecule has 1 heterocycles. The summed E-state index contributed by atoms with van der Waals surface area (Å²) in [5.41, 5.74) is 0.603. The smallest absolute Gasteiger partial charge is 0.306 e. The molecule has 3 aliphatic rings. The monoisotopic (exact) mass is 704 g/mol. The number of aliphatic carboxylic acids is 1. The molecule has 11 heteroatoms. The molecule has 2 aliphatic carbocycles. The topological polar surface area (TPSA) is 121 Å². The largest absolute Gasteiger partial charge is 0.481 e. The van der Waals surface area contributed by atoms with Crippen molar-refractivity contribution in [1.82, 2.24) is 10.2 Å². The van der Waals surface area contributed by atoms with Crippen LogP contribution in [0.3, 0.4) is 0 Å². The van der Waals surface area contributed by atoms with E-state index in [1.54, 1.807) is 39.0 Å². The third kappa shape index (κ3) is 8.00. The van der Waals surface area contributed by atoms with E-state index in [0.29, 0.717) is 42.1 Å². The van der Waals surface area contributed by atoms with E-state index >= 15 is 4.79 Å². The van der Waals surface area contributed by atoms with Gasteiger partial charge in [-0.2, -0.15) is 0 Å². The van der Waals surface area contributed by atoms with E-state index in [-0.39, 0.29) is 41.9 Å². The number of halogens is 2. The fourth-order valence-electron chi connectivity index (χ4n) is 7.43. The normalized spacial score (nSPS) is 27.7. The van der Waals surface area contributed by atoms with Gasteiger partial charge in [0.1, 0.15) is 0 Å². The fourth-order valence-corrected chi connectivity index (χ4v) is 9.14. The highest BCUT2D eigenvalue weighted by molar-refractivity contribution is 7.92. The Hall–Kier alpha value is -2.62. The minimum atomic E-state index is -3.62. The van der Waals surface area contributed by atoms with Gasteiger partial charge in [0.05, 0.1) is 27.9 Å². The zero-order valence-electron chi connectivity index (χ0n) is 27.5. The average Bonchev–Trinajstić information content (AvgIpc) is 3.83. The van der Waals surface area contributed by atoms with E-state index in [9.17, 15) is 23.1 Å². The van der Waals surface area contributed by atoms with Crippen LogP contribution in [-0.2, 0) is 24.2 Å². The van der Waals surface area contributed by atoms with Gasteiger partial charge in [-0.1, -0.05) is 54.4 Å². The van der Waals surface area contributed by atoms with Crippen LogP contribution in [-0.4, -0.2) is 58.8 Å². The van der Waals surface area contributed by atoms with Gasteiger partial charge in [-0.15, -0.1) is 0 Å². The van der Waals surface area contributed by atoms with Crippen LogP contribution in [0.2, 0.25) is 10.0 Å². The van der Waals surface area contributed by atoms with Crippen molar-refractivity contribution >= 4 is 50.8 Å². The van der Waals surface area contributed by atoms with Crippen LogP contribution in [0.4, 0.5) is 0 Å². The van der Waals surface area contributed by atoms with E-state index in [2.05, 4.69) is 5.32 Å². The van der Waals surface area contributed by atoms with Gasteiger partial charge in [0.2, 0.25) is 11.8 Å². The molecule has 0 bridgehead atoms. The Bertz CT molecular complexity index is 1600. The van der Waals surface area contributed by atoms with Crippen molar-refractivity contribution in [2.45, 2.75) is 108 Å². The van der Waals surface area contributed by atoms with Crippen molar-refractivity contribution in [1.29, 1.82) is 0 Å². The van der Waals surface area contributed by atoms with Crippen LogP contribution < -0.4 is 5.32 Å². The first-order valence-corrected chi connectivity index (χ1v) is 19.0. The number of likely N-dealkylation sites (tertiary alicyclic amines) is 1. The predicted molar refractivity (Wildman–Crippen MR) is 184 cm³/mol. The number of carbonyl (C=O) groups is 3. The average molecular weight is 706 g/mol. The number of nitrogens with one attached hydrogen (secondary N) is 1. The Morgan fingerprint density at radius 2 is 1.62 bits per heavy atom. The lowest BCUT2D eigenvalue weighted by Gasteiger charge is -2.52. The maximum absolute atomic E-state index is 15.0. The van der Waals surface area contributed by atoms with E-state index < -0.39 is 44.0 Å². The molecular weight excluding hydrogens is 659 g/mol. The van der Waals surface area contributed by atoms with Crippen LogP contribution in [0.25, 0.3) is 0 Å². The third-order valence-electron chi connectivity index (χ3n) is 10.4. The quantitative estimate of drug-likeness (QED) is 0.270. The number of sulfone groups is 1. The summed E-state index contributed by atoms with van der Waals surface area (Å²) in [6.07, 6.45) is 4.03. The number of carbonyl (C=O) groups excluding carboxylic acids is 2. The molecule has 256 valence electrons. The molecule has 1 aliphatic heterocycles. The van der Waals surface area contributed by atoms with Crippen molar-refractivity contribution in [3.8, 4) is 0 Å². The highest BCUT2D eigenvalue weighted by Gasteiger charge is 2.55. The van der Waals surface area contributed by atoms with Gasteiger partial charge in [0.25, 0.3) is 0 Å². The summed E-state index contributed by atoms with van der Waals surface area (Å²) in [6, 6.07) is 13.7. The van der Waals surface area contributed by atoms with Crippen molar-refractivity contribution in [3.05, 3.63) is 69.7 Å². The summed E-state index contributed by atoms with van der Waals surface area (Å²) in [7, 11) is -3.62. The van der Waals surface area contributed by atoms with Crippen LogP contribution >= 0.6 is 23.2 Å². The van der Waals surface area contributed by atoms with Gasteiger partial charge in [-0.25, -0.2) is 8.42 Å². The lowest BCUT2D eigenvalue weighted by molar-refractivity contribution is -0.157. The second-order valence-electron chi connectivity index (χ2n) is 15.1. The van der Waals surface area contributed by atoms with Crippen molar-refractivity contribution in [3.63, 3.8) is 0 Å². The van der Waals surface area contributed by atoms with Gasteiger partial charge >= 0.3 is 5.97 Å². The highest BCUT2D eigenvalue weighted by Crippen LogP contribution is 2.54. The second kappa shape index (κ2) is 13.7. The highest BCUT2D eigenvalue weighted by atomic mass is 35.5. The Labute approximate surface area is 288 Å². The molecule has 1 saturated heterocycles. The van der Waals surface area contributed by atoms with E-state index in [0.717, 1.165) is 24.0 Å². The van der Waals surface area contributed by atoms with Gasteiger partial charge in [0.15, 0.2) is 9.84 Å². The summed E-state index contributed by atoms with van der Waals surface area (Å²) in [5.74, 6) is -2.16. The van der Waals surface area contributed by atoms with Crippen LogP contribution in [0.1, 0.15) is 102 Å². The number of carboxylic acids is 1. The number of nitrogens with zero attached hydrogens (tertiary/aromatic N) is 1. The van der Waals surface area contributed by atoms with Gasteiger partial charge in [-0.3, -0.25) is 14.4 Å². The Balaban J connectivity index is 1.56. The first-order valence-electron chi connectivity index (χ1n) is 16.6. The molecule has 0 aromatic heterocycles. The first kappa shape index (κ1) is 35.7. The number of hydrogen-bond donors (Lipinski definition) is 2. The number of rotatable bonds is 10. The molecule has 2 saturated carbocycles. The summed E-state index contributed by atoms with van der Waals surface area (Å²) >= 11 is 12.8. The van der Waals surface area contributed by atoms with Gasteiger partial charge in [-0.05, 0) is 107 Å². The molecular formula is C36H46Cl2N2O6S. The Kier molecular flexibility index (Phi) is 10.4. The van der Waals surface area contributed by atoms with E-state index in [1.807, 2.05) is 42.2 Å². The molecule has 4 atom stereocenters. The van der Waals surface area contributed by atoms with Crippen molar-refractivity contribution in [2.24, 2.45) is 17.3 Å². The minimum Gasteiger partial charge on any atom is -0.481 e. The second-order valence-corrected chi connectivity index (χ2v) is 18.7. The maximum Gasteiger partial charge on any atom is 0.306 e. The molecule has 2 N–H and O–H groups in total. The minimum absolute atomic E-state index is 0.0199. The maximum atomic E-state index is 15.0. The summed E-state index contributed by atoms with van der Waals surface area (Å²) < 4.78 is 26.6. The molecule has 0 radical (unpaired) electrons. The molecule has 8 nitrogen and oxygen atoms in total. The lowest BCUT2D eigenvalue weighted by atomic mass is 9.66. The molecule has 0 spiro atoms. The number of amides is 2. The molecule has 3 fully saturated rings. The fraction of sp³-hybridized carbons (Fsp3) is 0.583. The standard InChI is InChI=1S/C36H46Cl2N2O6S/c1-35(2,3)47(45,46)21-30(22-8-9-22)40-32(23-10-14-26(37)15-11-23)29(25-6-5-7-27(38)18-25)19-36(4,34(40)44)20-31(41)39-28-16-12-24(13-17-28)33(42)43/h5-7,10-11,14-15,18,22,24,28-30,32H,8-9,12-13,16-17,19-21H2,1-4H3,(H,39,41)(H,42,43)/t24?,28?,29-,30-,32-,36-/m1/s1. The SMILES string of the molecule is CC(C)(C)S(=O)(=O)C[C@H](C1CC1)N1C(=O)[C@@](C)(CC(=O)NC2CCC(C(=O)O)CC2)C[C@H](c2cccc(Cl)c2)[C@H]1c1ccc(Cl)cc1. The molecule has 2 aromatic carbocycles. The Morgan fingerprint density at radius 1 is 0.979 bits per heavy atom. The molecule has 2 aromatic rings. The number of benzene rings is 2. The summed E-state index contributed by atoms with van der Waals surface area (Å²) in [5, 5.41) is 13.6. The van der Waals surface area contributed by atoms with Crippen LogP contribution in [0, 0.1) is 17.3 Å².